The number of cyclic esters (lactones) is 2. The van der Waals surface area contributed by atoms with Crippen LogP contribution in [-0.4, -0.2) is 11.9 Å². The number of hydrogen-bond donors (Lipinski definition) is 0. The van der Waals surface area contributed by atoms with Crippen molar-refractivity contribution < 1.29 is 27.5 Å². The van der Waals surface area contributed by atoms with Crippen LogP contribution in [0.1, 0.15) is 26.3 Å². The van der Waals surface area contributed by atoms with E-state index in [9.17, 15) is 22.8 Å². The van der Waals surface area contributed by atoms with Crippen molar-refractivity contribution in [3.63, 3.8) is 0 Å². The zero-order chi connectivity index (χ0) is 15.2. The molecule has 6 heteroatoms. The molecule has 0 radical (unpaired) electrons. The molecule has 2 aromatic carbocycles. The molecular formula is C15H7F3O3. The van der Waals surface area contributed by atoms with Crippen LogP contribution in [0.4, 0.5) is 13.2 Å². The van der Waals surface area contributed by atoms with Crippen molar-refractivity contribution in [1.29, 1.82) is 0 Å². The minimum atomic E-state index is -4.56. The number of ether oxygens (including phenoxy) is 1. The van der Waals surface area contributed by atoms with Crippen molar-refractivity contribution in [2.75, 3.05) is 0 Å². The molecule has 1 aliphatic heterocycles. The van der Waals surface area contributed by atoms with Gasteiger partial charge in [0.1, 0.15) is 0 Å². The molecule has 1 aliphatic rings. The zero-order valence-corrected chi connectivity index (χ0v) is 10.4. The van der Waals surface area contributed by atoms with Gasteiger partial charge in [0.05, 0.1) is 16.7 Å². The quantitative estimate of drug-likeness (QED) is 0.595. The Morgan fingerprint density at radius 3 is 2.10 bits per heavy atom. The van der Waals surface area contributed by atoms with E-state index in [2.05, 4.69) is 4.74 Å². The summed E-state index contributed by atoms with van der Waals surface area (Å²) in [4.78, 5) is 23.2. The number of esters is 2. The predicted molar refractivity (Wildman–Crippen MR) is 66.6 cm³/mol. The van der Waals surface area contributed by atoms with Gasteiger partial charge in [-0.05, 0) is 23.3 Å². The second-order valence-electron chi connectivity index (χ2n) is 4.45. The first-order valence-electron chi connectivity index (χ1n) is 5.95. The highest BCUT2D eigenvalue weighted by Crippen LogP contribution is 2.39. The molecular weight excluding hydrogens is 285 g/mol. The fourth-order valence-electron chi connectivity index (χ4n) is 2.32. The molecule has 0 aromatic heterocycles. The molecule has 0 saturated heterocycles. The van der Waals surface area contributed by atoms with Gasteiger partial charge in [-0.15, -0.1) is 0 Å². The van der Waals surface area contributed by atoms with E-state index in [1.54, 1.807) is 0 Å². The first-order chi connectivity index (χ1) is 9.89. The van der Waals surface area contributed by atoms with Gasteiger partial charge in [-0.1, -0.05) is 30.3 Å². The number of hydrogen-bond acceptors (Lipinski definition) is 3. The van der Waals surface area contributed by atoms with E-state index in [0.717, 1.165) is 6.07 Å². The summed E-state index contributed by atoms with van der Waals surface area (Å²) in [5.74, 6) is -1.77. The summed E-state index contributed by atoms with van der Waals surface area (Å²) in [6, 6.07) is 9.02. The van der Waals surface area contributed by atoms with Gasteiger partial charge in [-0.25, -0.2) is 9.59 Å². The topological polar surface area (TPSA) is 43.4 Å². The number of carbonyl (C=O) groups is 2. The molecule has 0 fully saturated rings. The molecule has 2 aromatic rings. The Morgan fingerprint density at radius 1 is 0.762 bits per heavy atom. The number of alkyl halides is 3. The molecule has 0 atom stereocenters. The van der Waals surface area contributed by atoms with Gasteiger partial charge >= 0.3 is 18.1 Å². The lowest BCUT2D eigenvalue weighted by molar-refractivity contribution is -0.137. The van der Waals surface area contributed by atoms with Crippen LogP contribution in [0.3, 0.4) is 0 Å². The Kier molecular flexibility index (Phi) is 2.83. The van der Waals surface area contributed by atoms with Gasteiger partial charge in [0.25, 0.3) is 0 Å². The van der Waals surface area contributed by atoms with Crippen LogP contribution in [0.15, 0.2) is 42.5 Å². The monoisotopic (exact) mass is 292 g/mol. The first-order valence-corrected chi connectivity index (χ1v) is 5.95. The van der Waals surface area contributed by atoms with Crippen LogP contribution in [-0.2, 0) is 10.9 Å². The van der Waals surface area contributed by atoms with E-state index in [1.807, 2.05) is 0 Å². The van der Waals surface area contributed by atoms with Crippen LogP contribution in [0.2, 0.25) is 0 Å². The molecule has 3 rings (SSSR count). The molecule has 0 unspecified atom stereocenters. The molecule has 1 heterocycles. The van der Waals surface area contributed by atoms with Crippen LogP contribution in [0, 0.1) is 0 Å². The molecule has 0 saturated carbocycles. The molecule has 3 nitrogen and oxygen atoms in total. The molecule has 21 heavy (non-hydrogen) atoms. The van der Waals surface area contributed by atoms with Crippen LogP contribution < -0.4 is 0 Å². The maximum Gasteiger partial charge on any atom is 0.417 e. The number of fused-ring (bicyclic) bond motifs is 1. The molecule has 0 spiro atoms. The van der Waals surface area contributed by atoms with Crippen molar-refractivity contribution in [3.05, 3.63) is 59.2 Å². The summed E-state index contributed by atoms with van der Waals surface area (Å²) in [6.45, 7) is 0. The molecule has 0 amide bonds. The van der Waals surface area contributed by atoms with Gasteiger partial charge < -0.3 is 4.74 Å². The number of rotatable bonds is 1. The molecule has 106 valence electrons. The highest BCUT2D eigenvalue weighted by molar-refractivity contribution is 6.18. The smallest absolute Gasteiger partial charge is 0.386 e. The lowest BCUT2D eigenvalue weighted by atomic mass is 9.93. The van der Waals surface area contributed by atoms with Gasteiger partial charge in [-0.2, -0.15) is 13.2 Å². The third-order valence-corrected chi connectivity index (χ3v) is 3.20. The Balaban J connectivity index is 2.30. The fourth-order valence-corrected chi connectivity index (χ4v) is 2.32. The third kappa shape index (κ3) is 2.08. The second kappa shape index (κ2) is 4.44. The van der Waals surface area contributed by atoms with Gasteiger partial charge in [0, 0.05) is 0 Å². The first kappa shape index (κ1) is 13.4. The lowest BCUT2D eigenvalue weighted by Crippen LogP contribution is -2.08. The Labute approximate surface area is 117 Å². The van der Waals surface area contributed by atoms with Crippen LogP contribution in [0.25, 0.3) is 11.1 Å². The summed E-state index contributed by atoms with van der Waals surface area (Å²) in [7, 11) is 0. The molecule has 0 bridgehead atoms. The molecule has 0 N–H and O–H groups in total. The minimum absolute atomic E-state index is 0.0190. The van der Waals surface area contributed by atoms with E-state index >= 15 is 0 Å². The van der Waals surface area contributed by atoms with Gasteiger partial charge in [0.2, 0.25) is 0 Å². The summed E-state index contributed by atoms with van der Waals surface area (Å²) in [5.41, 5.74) is -1.14. The van der Waals surface area contributed by atoms with Crippen molar-refractivity contribution in [2.24, 2.45) is 0 Å². The predicted octanol–water partition coefficient (Wildman–Crippen LogP) is 3.68. The van der Waals surface area contributed by atoms with Crippen molar-refractivity contribution >= 4 is 11.9 Å². The van der Waals surface area contributed by atoms with Crippen molar-refractivity contribution in [1.82, 2.24) is 0 Å². The SMILES string of the molecule is O=C1OC(=O)c2c1cccc2-c1ccccc1C(F)(F)F. The third-order valence-electron chi connectivity index (χ3n) is 3.20. The highest BCUT2D eigenvalue weighted by atomic mass is 19.4. The standard InChI is InChI=1S/C15H7F3O3/c16-15(17,18)11-7-2-1-4-8(11)9-5-3-6-10-12(9)14(20)21-13(10)19/h1-7H. The van der Waals surface area contributed by atoms with E-state index in [0.29, 0.717) is 0 Å². The van der Waals surface area contributed by atoms with E-state index in [4.69, 9.17) is 0 Å². The number of carbonyl (C=O) groups excluding carboxylic acids is 2. The average Bonchev–Trinajstić information content (AvgIpc) is 2.73. The zero-order valence-electron chi connectivity index (χ0n) is 10.4. The fraction of sp³-hybridized carbons (Fsp3) is 0.0667. The molecule has 0 aliphatic carbocycles. The lowest BCUT2D eigenvalue weighted by Gasteiger charge is -2.13. The van der Waals surface area contributed by atoms with Gasteiger partial charge in [0.15, 0.2) is 0 Å². The Bertz CT molecular complexity index is 763. The van der Waals surface area contributed by atoms with Crippen LogP contribution in [0.5, 0.6) is 0 Å². The maximum absolute atomic E-state index is 13.1. The average molecular weight is 292 g/mol. The summed E-state index contributed by atoms with van der Waals surface area (Å²) >= 11 is 0. The summed E-state index contributed by atoms with van der Waals surface area (Å²) in [5, 5.41) is 0. The number of halogens is 3. The Morgan fingerprint density at radius 2 is 1.38 bits per heavy atom. The largest absolute Gasteiger partial charge is 0.417 e. The second-order valence-corrected chi connectivity index (χ2v) is 4.45. The highest BCUT2D eigenvalue weighted by Gasteiger charge is 2.37. The van der Waals surface area contributed by atoms with E-state index in [1.165, 1.54) is 36.4 Å². The van der Waals surface area contributed by atoms with E-state index < -0.39 is 23.7 Å². The maximum atomic E-state index is 13.1. The van der Waals surface area contributed by atoms with Crippen molar-refractivity contribution in [2.45, 2.75) is 6.18 Å². The normalized spacial score (nSPS) is 14.0. The Hall–Kier alpha value is -2.63. The van der Waals surface area contributed by atoms with E-state index in [-0.39, 0.29) is 22.3 Å². The minimum Gasteiger partial charge on any atom is -0.386 e. The van der Waals surface area contributed by atoms with Gasteiger partial charge in [-0.3, -0.25) is 0 Å². The summed E-state index contributed by atoms with van der Waals surface area (Å²) in [6.07, 6.45) is -4.56. The van der Waals surface area contributed by atoms with Crippen LogP contribution >= 0.6 is 0 Å². The number of benzene rings is 2. The van der Waals surface area contributed by atoms with Crippen molar-refractivity contribution in [3.8, 4) is 11.1 Å². The summed E-state index contributed by atoms with van der Waals surface area (Å²) < 4.78 is 43.7.